The van der Waals surface area contributed by atoms with Crippen LogP contribution in [0.2, 0.25) is 0 Å². The van der Waals surface area contributed by atoms with Crippen molar-refractivity contribution in [3.05, 3.63) is 143 Å². The second kappa shape index (κ2) is 15.5. The van der Waals surface area contributed by atoms with Gasteiger partial charge in [0.05, 0.1) is 33.6 Å². The van der Waals surface area contributed by atoms with Crippen LogP contribution in [0.1, 0.15) is 83.1 Å². The summed E-state index contributed by atoms with van der Waals surface area (Å²) < 4.78 is 29.2. The molecule has 0 radical (unpaired) electrons. The van der Waals surface area contributed by atoms with Gasteiger partial charge < -0.3 is 0 Å². The van der Waals surface area contributed by atoms with E-state index in [9.17, 15) is 18.0 Å². The van der Waals surface area contributed by atoms with Crippen molar-refractivity contribution in [2.45, 2.75) is 92.9 Å². The summed E-state index contributed by atoms with van der Waals surface area (Å²) in [6.07, 6.45) is 10.8. The summed E-state index contributed by atoms with van der Waals surface area (Å²) >= 11 is 0. The molecule has 4 aromatic rings. The molecule has 2 aliphatic rings. The van der Waals surface area contributed by atoms with Crippen LogP contribution in [0.15, 0.2) is 173 Å². The molecule has 2 aliphatic carbocycles. The first-order valence-corrected chi connectivity index (χ1v) is 21.4. The molecule has 0 atom stereocenters. The Bertz CT molecular complexity index is 2520. The van der Waals surface area contributed by atoms with E-state index in [1.54, 1.807) is 60.9 Å². The first-order chi connectivity index (χ1) is 27.4. The van der Waals surface area contributed by atoms with Gasteiger partial charge in [-0.25, -0.2) is 8.42 Å². The van der Waals surface area contributed by atoms with Crippen LogP contribution in [0.25, 0.3) is 21.5 Å². The van der Waals surface area contributed by atoms with E-state index >= 15 is 0 Å². The minimum absolute atomic E-state index is 0.0420. The lowest BCUT2D eigenvalue weighted by atomic mass is 9.72. The van der Waals surface area contributed by atoms with E-state index < -0.39 is 9.84 Å². The number of fused-ring (bicyclic) bond motifs is 2. The van der Waals surface area contributed by atoms with Crippen molar-refractivity contribution in [1.82, 2.24) is 0 Å². The van der Waals surface area contributed by atoms with Crippen LogP contribution in [0, 0.1) is 21.7 Å². The number of benzene rings is 4. The Kier molecular flexibility index (Phi) is 11.3. The van der Waals surface area contributed by atoms with Gasteiger partial charge in [0.2, 0.25) is 9.84 Å². The molecule has 0 unspecified atom stereocenters. The molecule has 0 saturated carbocycles. The zero-order valence-corrected chi connectivity index (χ0v) is 37.0. The molecule has 0 heterocycles. The van der Waals surface area contributed by atoms with Crippen LogP contribution in [-0.4, -0.2) is 20.0 Å². The summed E-state index contributed by atoms with van der Waals surface area (Å²) in [5.74, 6) is 0.0840. The topological polar surface area (TPSA) is 118 Å². The zero-order valence-electron chi connectivity index (χ0n) is 36.2. The minimum Gasteiger partial charge on any atom is -0.289 e. The van der Waals surface area contributed by atoms with Crippen molar-refractivity contribution in [1.29, 1.82) is 0 Å². The Balaban J connectivity index is 1.37. The van der Waals surface area contributed by atoms with Crippen LogP contribution >= 0.6 is 0 Å². The Labute approximate surface area is 348 Å². The molecule has 0 aromatic heterocycles. The van der Waals surface area contributed by atoms with Gasteiger partial charge in [0, 0.05) is 43.8 Å². The van der Waals surface area contributed by atoms with Crippen LogP contribution in [0.4, 0.5) is 11.4 Å². The molecule has 9 heteroatoms. The van der Waals surface area contributed by atoms with Gasteiger partial charge in [-0.3, -0.25) is 9.59 Å². The average molecular weight is 807 g/mol. The first kappa shape index (κ1) is 42.9. The monoisotopic (exact) mass is 806 g/mol. The standard InChI is InChI=1S/C50H54N4O4S/c1-47(2,3)37-25-31(26-38(45(37)55)48(4,5)6)29-51-53-41-21-23-43(35-19-15-13-17-33(35)41)59(57,58)44-24-22-42(34-18-14-16-20-36(34)44)54-52-30-32-27-39(49(7,8)9)46(56)40(28-32)50(10,11)12/h13-30H,1-12H3. The van der Waals surface area contributed by atoms with Crippen molar-refractivity contribution in [3.8, 4) is 0 Å². The molecule has 0 fully saturated rings. The Hall–Kier alpha value is -5.67. The van der Waals surface area contributed by atoms with Crippen molar-refractivity contribution in [2.24, 2.45) is 42.1 Å². The number of rotatable bonds is 6. The van der Waals surface area contributed by atoms with Crippen LogP contribution in [-0.2, 0) is 19.4 Å². The lowest BCUT2D eigenvalue weighted by Crippen LogP contribution is -2.27. The third kappa shape index (κ3) is 8.86. The molecule has 0 N–H and O–H groups in total. The SMILES string of the molecule is CC(C)(C)C1=CC(=CN=Nc2ccc(S(=O)(=O)c3ccc(N=NC=C4C=C(C(C)(C)C)C(=O)C(C(C)(C)C)=C4)c4ccccc34)c3ccccc23)C=C(C(C)(C)C)C1=O. The van der Waals surface area contributed by atoms with E-state index in [0.717, 1.165) is 11.1 Å². The molecule has 8 nitrogen and oxygen atoms in total. The number of azo groups is 2. The molecule has 0 aliphatic heterocycles. The lowest BCUT2D eigenvalue weighted by Gasteiger charge is -2.31. The molecule has 6 rings (SSSR count). The number of hydrogen-bond acceptors (Lipinski definition) is 8. The van der Waals surface area contributed by atoms with Crippen molar-refractivity contribution >= 4 is 54.3 Å². The van der Waals surface area contributed by atoms with Gasteiger partial charge in [-0.05, 0) is 81.4 Å². The minimum atomic E-state index is -4.06. The molecule has 304 valence electrons. The van der Waals surface area contributed by atoms with E-state index in [2.05, 4.69) is 20.5 Å². The largest absolute Gasteiger partial charge is 0.289 e. The highest BCUT2D eigenvalue weighted by atomic mass is 32.2. The smallest absolute Gasteiger partial charge is 0.207 e. The number of carbonyl (C=O) groups is 2. The van der Waals surface area contributed by atoms with E-state index in [0.29, 0.717) is 55.2 Å². The lowest BCUT2D eigenvalue weighted by molar-refractivity contribution is -0.114. The van der Waals surface area contributed by atoms with Crippen LogP contribution < -0.4 is 0 Å². The molecular formula is C50H54N4O4S. The molecule has 4 aromatic carbocycles. The maximum atomic E-state index is 14.6. The summed E-state index contributed by atoms with van der Waals surface area (Å²) in [6.45, 7) is 24.3. The number of allylic oxidation sites excluding steroid dienone is 10. The number of ketones is 2. The van der Waals surface area contributed by atoms with Gasteiger partial charge in [-0.2, -0.15) is 20.5 Å². The van der Waals surface area contributed by atoms with Gasteiger partial charge in [-0.1, -0.05) is 132 Å². The second-order valence-corrected chi connectivity index (χ2v) is 21.2. The fraction of sp³-hybridized carbons (Fsp3) is 0.320. The normalized spacial score (nSPS) is 16.2. The number of hydrogen-bond donors (Lipinski definition) is 0. The highest BCUT2D eigenvalue weighted by Gasteiger charge is 2.35. The Morgan fingerprint density at radius 3 is 1.00 bits per heavy atom. The van der Waals surface area contributed by atoms with Crippen molar-refractivity contribution in [3.63, 3.8) is 0 Å². The molecule has 0 spiro atoms. The van der Waals surface area contributed by atoms with Crippen LogP contribution in [0.3, 0.4) is 0 Å². The number of Topliss-reactive ketones (excluding diaryl/α,β-unsaturated/α-hetero) is 2. The third-order valence-electron chi connectivity index (χ3n) is 10.5. The molecule has 0 saturated heterocycles. The van der Waals surface area contributed by atoms with Gasteiger partial charge in [-0.15, -0.1) is 0 Å². The third-order valence-corrected chi connectivity index (χ3v) is 12.4. The quantitative estimate of drug-likeness (QED) is 0.180. The predicted molar refractivity (Wildman–Crippen MR) is 239 cm³/mol. The van der Waals surface area contributed by atoms with E-state index in [-0.39, 0.29) is 43.0 Å². The number of nitrogens with zero attached hydrogens (tertiary/aromatic N) is 4. The molecule has 59 heavy (non-hydrogen) atoms. The van der Waals surface area contributed by atoms with Gasteiger partial charge in [0.15, 0.2) is 11.6 Å². The second-order valence-electron chi connectivity index (χ2n) is 19.3. The van der Waals surface area contributed by atoms with Gasteiger partial charge >= 0.3 is 0 Å². The number of carbonyl (C=O) groups excluding carboxylic acids is 2. The van der Waals surface area contributed by atoms with E-state index in [1.807, 2.05) is 132 Å². The van der Waals surface area contributed by atoms with Crippen molar-refractivity contribution in [2.75, 3.05) is 0 Å². The maximum Gasteiger partial charge on any atom is 0.207 e. The maximum absolute atomic E-state index is 14.6. The summed E-state index contributed by atoms with van der Waals surface area (Å²) in [7, 11) is -4.06. The van der Waals surface area contributed by atoms with E-state index in [4.69, 9.17) is 0 Å². The highest BCUT2D eigenvalue weighted by molar-refractivity contribution is 7.92. The molecule has 0 bridgehead atoms. The molecular weight excluding hydrogens is 753 g/mol. The van der Waals surface area contributed by atoms with Crippen molar-refractivity contribution < 1.29 is 18.0 Å². The zero-order chi connectivity index (χ0) is 43.3. The average Bonchev–Trinajstić information content (AvgIpc) is 3.14. The first-order valence-electron chi connectivity index (χ1n) is 19.9. The van der Waals surface area contributed by atoms with Crippen LogP contribution in [0.5, 0.6) is 0 Å². The number of sulfone groups is 1. The summed E-state index contributed by atoms with van der Waals surface area (Å²) in [5, 5.41) is 20.2. The van der Waals surface area contributed by atoms with Gasteiger partial charge in [0.25, 0.3) is 0 Å². The predicted octanol–water partition coefficient (Wildman–Crippen LogP) is 13.8. The summed E-state index contributed by atoms with van der Waals surface area (Å²) in [6, 6.07) is 21.0. The Morgan fingerprint density at radius 1 is 0.424 bits per heavy atom. The molecule has 0 amide bonds. The van der Waals surface area contributed by atoms with E-state index in [1.165, 1.54) is 0 Å². The van der Waals surface area contributed by atoms with Gasteiger partial charge in [0.1, 0.15) is 0 Å². The summed E-state index contributed by atoms with van der Waals surface area (Å²) in [4.78, 5) is 27.1. The highest BCUT2D eigenvalue weighted by Crippen LogP contribution is 2.42. The fourth-order valence-electron chi connectivity index (χ4n) is 7.27. The Morgan fingerprint density at radius 2 is 0.712 bits per heavy atom. The summed E-state index contributed by atoms with van der Waals surface area (Å²) in [5.41, 5.74) is 3.97. The fourth-order valence-corrected chi connectivity index (χ4v) is 8.93.